The SMILES string of the molecule is N#Cc1c(N2CCCC2)ccc(I)c1F. The minimum atomic E-state index is -0.387. The Kier molecular flexibility index (Phi) is 3.10. The van der Waals surface area contributed by atoms with Gasteiger partial charge in [0, 0.05) is 13.1 Å². The highest BCUT2D eigenvalue weighted by Crippen LogP contribution is 2.28. The van der Waals surface area contributed by atoms with Crippen molar-refractivity contribution in [1.82, 2.24) is 0 Å². The first-order valence-electron chi connectivity index (χ1n) is 4.87. The Hall–Kier alpha value is -0.830. The van der Waals surface area contributed by atoms with Crippen LogP contribution in [-0.2, 0) is 0 Å². The van der Waals surface area contributed by atoms with Gasteiger partial charge in [0.2, 0.25) is 0 Å². The zero-order valence-electron chi connectivity index (χ0n) is 8.13. The van der Waals surface area contributed by atoms with E-state index >= 15 is 0 Å². The molecule has 1 aromatic rings. The first-order chi connectivity index (χ1) is 7.24. The first-order valence-corrected chi connectivity index (χ1v) is 5.95. The number of hydrogen-bond acceptors (Lipinski definition) is 2. The van der Waals surface area contributed by atoms with Crippen LogP contribution < -0.4 is 4.90 Å². The van der Waals surface area contributed by atoms with E-state index in [1.807, 2.05) is 34.7 Å². The van der Waals surface area contributed by atoms with Gasteiger partial charge < -0.3 is 4.90 Å². The van der Waals surface area contributed by atoms with E-state index in [2.05, 4.69) is 4.90 Å². The fourth-order valence-corrected chi connectivity index (χ4v) is 2.32. The van der Waals surface area contributed by atoms with E-state index in [0.29, 0.717) is 3.57 Å². The van der Waals surface area contributed by atoms with Gasteiger partial charge in [-0.3, -0.25) is 0 Å². The van der Waals surface area contributed by atoms with Gasteiger partial charge in [0.15, 0.2) is 5.82 Å². The van der Waals surface area contributed by atoms with E-state index in [1.165, 1.54) is 0 Å². The summed E-state index contributed by atoms with van der Waals surface area (Å²) in [6.07, 6.45) is 2.25. The van der Waals surface area contributed by atoms with Crippen LogP contribution in [0.1, 0.15) is 18.4 Å². The molecule has 0 amide bonds. The summed E-state index contributed by atoms with van der Waals surface area (Å²) in [5.74, 6) is -0.387. The lowest BCUT2D eigenvalue weighted by molar-refractivity contribution is 0.616. The molecule has 4 heteroatoms. The standard InChI is InChI=1S/C11H10FIN2/c12-11-8(7-14)10(4-3-9(11)13)15-5-1-2-6-15/h3-4H,1-2,5-6H2. The maximum atomic E-state index is 13.7. The fraction of sp³-hybridized carbons (Fsp3) is 0.364. The van der Waals surface area contributed by atoms with Gasteiger partial charge in [-0.15, -0.1) is 0 Å². The number of nitrogens with zero attached hydrogens (tertiary/aromatic N) is 2. The third-order valence-electron chi connectivity index (χ3n) is 2.63. The lowest BCUT2D eigenvalue weighted by Gasteiger charge is -2.19. The van der Waals surface area contributed by atoms with Crippen LogP contribution in [0.3, 0.4) is 0 Å². The van der Waals surface area contributed by atoms with Crippen molar-refractivity contribution in [2.45, 2.75) is 12.8 Å². The molecule has 1 heterocycles. The van der Waals surface area contributed by atoms with Crippen LogP contribution in [0.4, 0.5) is 10.1 Å². The van der Waals surface area contributed by atoms with E-state index in [1.54, 1.807) is 6.07 Å². The third-order valence-corrected chi connectivity index (χ3v) is 3.46. The zero-order chi connectivity index (χ0) is 10.8. The van der Waals surface area contributed by atoms with Crippen molar-refractivity contribution in [2.75, 3.05) is 18.0 Å². The highest BCUT2D eigenvalue weighted by Gasteiger charge is 2.19. The minimum absolute atomic E-state index is 0.184. The van der Waals surface area contributed by atoms with E-state index in [-0.39, 0.29) is 11.4 Å². The molecule has 1 saturated heterocycles. The van der Waals surface area contributed by atoms with Gasteiger partial charge in [-0.2, -0.15) is 5.26 Å². The summed E-state index contributed by atoms with van der Waals surface area (Å²) in [4.78, 5) is 2.08. The highest BCUT2D eigenvalue weighted by molar-refractivity contribution is 14.1. The summed E-state index contributed by atoms with van der Waals surface area (Å²) in [5, 5.41) is 8.96. The van der Waals surface area contributed by atoms with Crippen molar-refractivity contribution in [1.29, 1.82) is 5.26 Å². The van der Waals surface area contributed by atoms with Crippen LogP contribution in [0.25, 0.3) is 0 Å². The monoisotopic (exact) mass is 316 g/mol. The minimum Gasteiger partial charge on any atom is -0.370 e. The summed E-state index contributed by atoms with van der Waals surface area (Å²) in [7, 11) is 0. The second kappa shape index (κ2) is 4.35. The maximum absolute atomic E-state index is 13.7. The van der Waals surface area contributed by atoms with Crippen molar-refractivity contribution in [3.8, 4) is 6.07 Å². The predicted octanol–water partition coefficient (Wildman–Crippen LogP) is 2.90. The van der Waals surface area contributed by atoms with Gasteiger partial charge in [-0.1, -0.05) is 0 Å². The molecule has 2 rings (SSSR count). The predicted molar refractivity (Wildman–Crippen MR) is 65.3 cm³/mol. The molecule has 0 N–H and O–H groups in total. The molecule has 0 spiro atoms. The topological polar surface area (TPSA) is 27.0 Å². The van der Waals surface area contributed by atoms with Crippen molar-refractivity contribution in [3.05, 3.63) is 27.1 Å². The Morgan fingerprint density at radius 1 is 1.33 bits per heavy atom. The van der Waals surface area contributed by atoms with Gasteiger partial charge in [-0.25, -0.2) is 4.39 Å². The van der Waals surface area contributed by atoms with Crippen molar-refractivity contribution in [2.24, 2.45) is 0 Å². The molecule has 0 atom stereocenters. The molecule has 2 nitrogen and oxygen atoms in total. The van der Waals surface area contributed by atoms with E-state index in [4.69, 9.17) is 5.26 Å². The van der Waals surface area contributed by atoms with E-state index in [0.717, 1.165) is 31.6 Å². The summed E-state index contributed by atoms with van der Waals surface area (Å²) in [5.41, 5.74) is 0.928. The van der Waals surface area contributed by atoms with Gasteiger partial charge in [-0.05, 0) is 47.6 Å². The molecule has 0 radical (unpaired) electrons. The van der Waals surface area contributed by atoms with Gasteiger partial charge in [0.25, 0.3) is 0 Å². The largest absolute Gasteiger partial charge is 0.370 e. The average molecular weight is 316 g/mol. The van der Waals surface area contributed by atoms with E-state index < -0.39 is 0 Å². The molecule has 0 aliphatic carbocycles. The molecule has 1 aromatic carbocycles. The summed E-state index contributed by atoms with van der Waals surface area (Å²) in [6.45, 7) is 1.85. The maximum Gasteiger partial charge on any atom is 0.156 e. The molecule has 1 aliphatic heterocycles. The van der Waals surface area contributed by atoms with Crippen LogP contribution in [0.15, 0.2) is 12.1 Å². The number of nitriles is 1. The van der Waals surface area contributed by atoms with Crippen molar-refractivity contribution in [3.63, 3.8) is 0 Å². The second-order valence-corrected chi connectivity index (χ2v) is 4.72. The number of benzene rings is 1. The molecule has 0 aromatic heterocycles. The Bertz CT molecular complexity index is 419. The number of rotatable bonds is 1. The Balaban J connectivity index is 2.47. The zero-order valence-corrected chi connectivity index (χ0v) is 10.3. The fourth-order valence-electron chi connectivity index (χ4n) is 1.87. The summed E-state index contributed by atoms with van der Waals surface area (Å²) < 4.78 is 14.2. The molecule has 0 unspecified atom stereocenters. The quantitative estimate of drug-likeness (QED) is 0.745. The Morgan fingerprint density at radius 2 is 2.00 bits per heavy atom. The van der Waals surface area contributed by atoms with Gasteiger partial charge >= 0.3 is 0 Å². The molecular weight excluding hydrogens is 306 g/mol. The smallest absolute Gasteiger partial charge is 0.156 e. The molecule has 1 fully saturated rings. The van der Waals surface area contributed by atoms with Crippen molar-refractivity contribution < 1.29 is 4.39 Å². The van der Waals surface area contributed by atoms with Gasteiger partial charge in [0.1, 0.15) is 11.6 Å². The number of anilines is 1. The molecular formula is C11H10FIN2. The normalized spacial score (nSPS) is 15.4. The van der Waals surface area contributed by atoms with Crippen LogP contribution in [0.5, 0.6) is 0 Å². The second-order valence-electron chi connectivity index (χ2n) is 3.56. The number of halogens is 2. The van der Waals surface area contributed by atoms with Gasteiger partial charge in [0.05, 0.1) is 9.26 Å². The van der Waals surface area contributed by atoms with Crippen molar-refractivity contribution >= 4 is 28.3 Å². The summed E-state index contributed by atoms with van der Waals surface area (Å²) in [6, 6.07) is 5.53. The highest BCUT2D eigenvalue weighted by atomic mass is 127. The van der Waals surface area contributed by atoms with Crippen LogP contribution >= 0.6 is 22.6 Å². The molecule has 1 aliphatic rings. The first kappa shape index (κ1) is 10.7. The molecule has 78 valence electrons. The molecule has 15 heavy (non-hydrogen) atoms. The number of hydrogen-bond donors (Lipinski definition) is 0. The van der Waals surface area contributed by atoms with Crippen LogP contribution in [0, 0.1) is 20.7 Å². The van der Waals surface area contributed by atoms with E-state index in [9.17, 15) is 4.39 Å². The van der Waals surface area contributed by atoms with Crippen LogP contribution in [-0.4, -0.2) is 13.1 Å². The Morgan fingerprint density at radius 3 is 2.60 bits per heavy atom. The summed E-state index contributed by atoms with van der Waals surface area (Å²) >= 11 is 1.91. The Labute approximate surface area is 102 Å². The van der Waals surface area contributed by atoms with Crippen LogP contribution in [0.2, 0.25) is 0 Å². The lowest BCUT2D eigenvalue weighted by atomic mass is 10.1. The molecule has 0 saturated carbocycles. The molecule has 0 bridgehead atoms. The third kappa shape index (κ3) is 1.93. The lowest BCUT2D eigenvalue weighted by Crippen LogP contribution is -2.19. The average Bonchev–Trinajstić information content (AvgIpc) is 2.75.